The normalized spacial score (nSPS) is 56.4. The molecule has 4 atom stereocenters. The van der Waals surface area contributed by atoms with Crippen LogP contribution >= 0.6 is 0 Å². The van der Waals surface area contributed by atoms with Crippen molar-refractivity contribution in [2.75, 3.05) is 0 Å². The van der Waals surface area contributed by atoms with Gasteiger partial charge in [-0.1, -0.05) is 0 Å². The van der Waals surface area contributed by atoms with Crippen molar-refractivity contribution in [1.29, 1.82) is 0 Å². The third-order valence-corrected chi connectivity index (χ3v) is 4.20. The monoisotopic (exact) mass is 166 g/mol. The van der Waals surface area contributed by atoms with Crippen LogP contribution in [0.25, 0.3) is 0 Å². The van der Waals surface area contributed by atoms with Crippen LogP contribution in [0.15, 0.2) is 0 Å². The van der Waals surface area contributed by atoms with Crippen LogP contribution in [0.2, 0.25) is 0 Å². The predicted octanol–water partition coefficient (Wildman–Crippen LogP) is 2.12. The molecule has 2 heteroatoms. The van der Waals surface area contributed by atoms with Crippen molar-refractivity contribution in [3.63, 3.8) is 0 Å². The smallest absolute Gasteiger partial charge is 0.0465 e. The molecule has 0 aromatic carbocycles. The molecule has 2 aliphatic heterocycles. The molecule has 0 aromatic heterocycles. The first-order valence-corrected chi connectivity index (χ1v) is 5.14. The zero-order chi connectivity index (χ0) is 8.34. The zero-order valence-electron chi connectivity index (χ0n) is 7.62. The lowest BCUT2D eigenvalue weighted by atomic mass is 9.59. The Kier molecular flexibility index (Phi) is 1.12. The van der Waals surface area contributed by atoms with Gasteiger partial charge in [-0.15, -0.1) is 0 Å². The van der Waals surface area contributed by atoms with Gasteiger partial charge in [0.25, 0.3) is 0 Å². The van der Waals surface area contributed by atoms with E-state index in [-0.39, 0.29) is 5.54 Å². The molecule has 4 rings (SSSR count). The van der Waals surface area contributed by atoms with Crippen molar-refractivity contribution in [2.24, 2.45) is 11.8 Å². The Morgan fingerprint density at radius 1 is 1.17 bits per heavy atom. The average Bonchev–Trinajstić information content (AvgIpc) is 1.98. The SMILES string of the molecule is CC12C[C@@H]3CC(C[C@@H](C3)C1)[N+]2=O. The van der Waals surface area contributed by atoms with E-state index < -0.39 is 0 Å². The highest BCUT2D eigenvalue weighted by atomic mass is 16.3. The van der Waals surface area contributed by atoms with Crippen molar-refractivity contribution in [2.45, 2.75) is 50.6 Å². The molecule has 2 aliphatic carbocycles. The molecule has 0 spiro atoms. The molecule has 2 saturated carbocycles. The van der Waals surface area contributed by atoms with Crippen LogP contribution in [0.3, 0.4) is 0 Å². The summed E-state index contributed by atoms with van der Waals surface area (Å²) in [5.74, 6) is 1.77. The molecule has 2 saturated heterocycles. The number of nitroso groups, excluding NO2 is 1. The predicted molar refractivity (Wildman–Crippen MR) is 45.9 cm³/mol. The number of hydrogen-bond donors (Lipinski definition) is 0. The van der Waals surface area contributed by atoms with Gasteiger partial charge >= 0.3 is 0 Å². The maximum absolute atomic E-state index is 11.8. The topological polar surface area (TPSA) is 20.1 Å². The summed E-state index contributed by atoms with van der Waals surface area (Å²) in [6, 6.07) is 0.390. The summed E-state index contributed by atoms with van der Waals surface area (Å²) in [4.78, 5) is 11.8. The van der Waals surface area contributed by atoms with E-state index in [0.29, 0.717) is 6.04 Å². The molecular formula is C10H16NO+. The first kappa shape index (κ1) is 7.05. The minimum Gasteiger partial charge on any atom is -0.0465 e. The van der Waals surface area contributed by atoms with Gasteiger partial charge in [0.05, 0.1) is 0 Å². The first-order valence-electron chi connectivity index (χ1n) is 5.14. The summed E-state index contributed by atoms with van der Waals surface area (Å²) < 4.78 is 1.43. The summed E-state index contributed by atoms with van der Waals surface area (Å²) in [5, 5.41) is 0. The highest BCUT2D eigenvalue weighted by molar-refractivity contribution is 4.97. The zero-order valence-corrected chi connectivity index (χ0v) is 7.62. The molecule has 4 fully saturated rings. The van der Waals surface area contributed by atoms with E-state index in [1.165, 1.54) is 36.9 Å². The third-order valence-electron chi connectivity index (χ3n) is 4.20. The van der Waals surface area contributed by atoms with Gasteiger partial charge in [0, 0.05) is 42.3 Å². The third kappa shape index (κ3) is 0.711. The second-order valence-corrected chi connectivity index (χ2v) is 5.32. The highest BCUT2D eigenvalue weighted by Crippen LogP contribution is 2.52. The number of piperidine rings is 2. The maximum atomic E-state index is 11.8. The molecule has 4 aliphatic rings. The number of nitrogens with zero attached hydrogens (tertiary/aromatic N) is 1. The minimum absolute atomic E-state index is 0.0365. The van der Waals surface area contributed by atoms with E-state index in [1.807, 2.05) is 0 Å². The largest absolute Gasteiger partial charge is 0.208 e. The van der Waals surface area contributed by atoms with E-state index in [1.54, 1.807) is 0 Å². The lowest BCUT2D eigenvalue weighted by Crippen LogP contribution is -2.59. The Labute approximate surface area is 72.9 Å². The van der Waals surface area contributed by atoms with Crippen molar-refractivity contribution in [1.82, 2.24) is 0 Å². The Bertz CT molecular complexity index is 234. The molecule has 66 valence electrons. The van der Waals surface area contributed by atoms with Crippen molar-refractivity contribution < 1.29 is 4.76 Å². The molecule has 0 aromatic rings. The van der Waals surface area contributed by atoms with E-state index in [2.05, 4.69) is 6.92 Å². The lowest BCUT2D eigenvalue weighted by Gasteiger charge is -2.48. The minimum atomic E-state index is 0.0365. The number of rotatable bonds is 0. The fraction of sp³-hybridized carbons (Fsp3) is 1.00. The highest BCUT2D eigenvalue weighted by Gasteiger charge is 2.60. The van der Waals surface area contributed by atoms with Crippen LogP contribution < -0.4 is 0 Å². The van der Waals surface area contributed by atoms with Gasteiger partial charge in [0.2, 0.25) is 11.6 Å². The van der Waals surface area contributed by atoms with Crippen LogP contribution in [0.1, 0.15) is 39.0 Å². The fourth-order valence-corrected chi connectivity index (χ4v) is 4.00. The number of hydrogen-bond acceptors (Lipinski definition) is 1. The Hall–Kier alpha value is -0.400. The molecule has 2 heterocycles. The van der Waals surface area contributed by atoms with Crippen molar-refractivity contribution in [3.8, 4) is 0 Å². The maximum Gasteiger partial charge on any atom is 0.208 e. The Morgan fingerprint density at radius 3 is 2.25 bits per heavy atom. The Balaban J connectivity index is 2.02. The van der Waals surface area contributed by atoms with Gasteiger partial charge in [-0.05, 0) is 18.3 Å². The van der Waals surface area contributed by atoms with E-state index >= 15 is 0 Å². The van der Waals surface area contributed by atoms with Crippen LogP contribution in [-0.2, 0) is 0 Å². The molecule has 0 amide bonds. The van der Waals surface area contributed by atoms with Crippen molar-refractivity contribution >= 4 is 0 Å². The second kappa shape index (κ2) is 1.91. The average molecular weight is 166 g/mol. The summed E-state index contributed by atoms with van der Waals surface area (Å²) in [7, 11) is 0. The van der Waals surface area contributed by atoms with Gasteiger partial charge in [0.1, 0.15) is 0 Å². The summed E-state index contributed by atoms with van der Waals surface area (Å²) in [5.41, 5.74) is 0.0365. The van der Waals surface area contributed by atoms with E-state index in [4.69, 9.17) is 0 Å². The van der Waals surface area contributed by atoms with Gasteiger partial charge in [-0.2, -0.15) is 0 Å². The van der Waals surface area contributed by atoms with Crippen LogP contribution in [0.4, 0.5) is 0 Å². The van der Waals surface area contributed by atoms with Gasteiger partial charge in [0.15, 0.2) is 0 Å². The molecule has 4 bridgehead atoms. The van der Waals surface area contributed by atoms with Gasteiger partial charge in [-0.3, -0.25) is 0 Å². The Morgan fingerprint density at radius 2 is 1.75 bits per heavy atom. The summed E-state index contributed by atoms with van der Waals surface area (Å²) in [6.07, 6.45) is 6.14. The second-order valence-electron chi connectivity index (χ2n) is 5.32. The van der Waals surface area contributed by atoms with Gasteiger partial charge in [-0.25, -0.2) is 0 Å². The summed E-state index contributed by atoms with van der Waals surface area (Å²) >= 11 is 0. The van der Waals surface area contributed by atoms with Crippen LogP contribution in [-0.4, -0.2) is 16.3 Å². The standard InChI is InChI=1S/C10H16NO/c1-10-5-7-2-8(6-10)4-9(3-7)11(10)12/h7-9H,2-6H2,1H3/q+1/t7-,8+,9?,10?. The van der Waals surface area contributed by atoms with Crippen LogP contribution in [0, 0.1) is 16.7 Å². The molecular weight excluding hydrogens is 150 g/mol. The van der Waals surface area contributed by atoms with E-state index in [0.717, 1.165) is 11.8 Å². The summed E-state index contributed by atoms with van der Waals surface area (Å²) in [6.45, 7) is 2.17. The lowest BCUT2D eigenvalue weighted by molar-refractivity contribution is -0.689. The molecule has 2 unspecified atom stereocenters. The molecule has 0 radical (unpaired) electrons. The fourth-order valence-electron chi connectivity index (χ4n) is 4.00. The van der Waals surface area contributed by atoms with Crippen molar-refractivity contribution in [3.05, 3.63) is 4.91 Å². The van der Waals surface area contributed by atoms with Crippen LogP contribution in [0.5, 0.6) is 0 Å². The van der Waals surface area contributed by atoms with Gasteiger partial charge < -0.3 is 0 Å². The molecule has 2 nitrogen and oxygen atoms in total. The van der Waals surface area contributed by atoms with E-state index in [9.17, 15) is 4.91 Å². The first-order chi connectivity index (χ1) is 5.67. The molecule has 0 N–H and O–H groups in total. The molecule has 12 heavy (non-hydrogen) atoms. The quantitative estimate of drug-likeness (QED) is 0.505.